The zero-order chi connectivity index (χ0) is 18.2. The van der Waals surface area contributed by atoms with Crippen molar-refractivity contribution in [3.05, 3.63) is 47.5 Å². The van der Waals surface area contributed by atoms with E-state index in [2.05, 4.69) is 10.5 Å². The van der Waals surface area contributed by atoms with Gasteiger partial charge in [0.15, 0.2) is 11.5 Å². The third kappa shape index (κ3) is 4.41. The Bertz CT molecular complexity index is 732. The number of benzene rings is 2. The number of hydrazone groups is 1. The summed E-state index contributed by atoms with van der Waals surface area (Å²) in [5, 5.41) is 3.96. The third-order valence-electron chi connectivity index (χ3n) is 3.42. The number of hydrogen-bond donors (Lipinski definition) is 1. The molecule has 0 aromatic heterocycles. The van der Waals surface area contributed by atoms with Gasteiger partial charge in [-0.15, -0.1) is 0 Å². The maximum Gasteiger partial charge on any atom is 0.271 e. The van der Waals surface area contributed by atoms with Gasteiger partial charge in [0.2, 0.25) is 5.75 Å². The van der Waals surface area contributed by atoms with Crippen molar-refractivity contribution in [2.45, 2.75) is 0 Å². The van der Waals surface area contributed by atoms with Gasteiger partial charge in [0.1, 0.15) is 5.75 Å². The molecular formula is C18H20N2O5. The first-order chi connectivity index (χ1) is 12.1. The largest absolute Gasteiger partial charge is 0.497 e. The molecule has 2 aromatic rings. The Balaban J connectivity index is 2.11. The smallest absolute Gasteiger partial charge is 0.271 e. The Morgan fingerprint density at radius 1 is 0.920 bits per heavy atom. The fraction of sp³-hybridized carbons (Fsp3) is 0.222. The standard InChI is InChI=1S/C18H20N2O5/c1-22-14-7-5-13(6-8-14)18(21)20-19-11-12-9-15(23-2)17(25-4)16(10-12)24-3/h5-11H,1-4H3,(H,20,21)/b19-11+. The lowest BCUT2D eigenvalue weighted by Gasteiger charge is -2.12. The molecule has 1 amide bonds. The van der Waals surface area contributed by atoms with Crippen molar-refractivity contribution in [3.63, 3.8) is 0 Å². The van der Waals surface area contributed by atoms with Crippen molar-refractivity contribution in [2.75, 3.05) is 28.4 Å². The van der Waals surface area contributed by atoms with Crippen molar-refractivity contribution in [3.8, 4) is 23.0 Å². The summed E-state index contributed by atoms with van der Waals surface area (Å²) in [6.45, 7) is 0. The molecule has 132 valence electrons. The van der Waals surface area contributed by atoms with Crippen LogP contribution in [0.25, 0.3) is 0 Å². The topological polar surface area (TPSA) is 78.4 Å². The van der Waals surface area contributed by atoms with Gasteiger partial charge in [0.05, 0.1) is 34.7 Å². The molecule has 2 rings (SSSR count). The van der Waals surface area contributed by atoms with Crippen LogP contribution in [0, 0.1) is 0 Å². The molecular weight excluding hydrogens is 324 g/mol. The zero-order valence-electron chi connectivity index (χ0n) is 14.5. The average Bonchev–Trinajstić information content (AvgIpc) is 2.66. The number of nitrogens with one attached hydrogen (secondary N) is 1. The fourth-order valence-electron chi connectivity index (χ4n) is 2.15. The third-order valence-corrected chi connectivity index (χ3v) is 3.42. The Labute approximate surface area is 146 Å². The second-order valence-corrected chi connectivity index (χ2v) is 4.89. The first kappa shape index (κ1) is 18.1. The molecule has 2 aromatic carbocycles. The van der Waals surface area contributed by atoms with E-state index in [9.17, 15) is 4.79 Å². The predicted molar refractivity (Wildman–Crippen MR) is 94.2 cm³/mol. The summed E-state index contributed by atoms with van der Waals surface area (Å²) in [7, 11) is 6.16. The van der Waals surface area contributed by atoms with Crippen LogP contribution in [-0.2, 0) is 0 Å². The van der Waals surface area contributed by atoms with E-state index in [1.807, 2.05) is 0 Å². The lowest BCUT2D eigenvalue weighted by molar-refractivity contribution is 0.0955. The lowest BCUT2D eigenvalue weighted by atomic mass is 10.2. The van der Waals surface area contributed by atoms with Gasteiger partial charge >= 0.3 is 0 Å². The molecule has 0 aliphatic carbocycles. The molecule has 25 heavy (non-hydrogen) atoms. The van der Waals surface area contributed by atoms with Crippen LogP contribution in [0.3, 0.4) is 0 Å². The van der Waals surface area contributed by atoms with Gasteiger partial charge in [-0.2, -0.15) is 5.10 Å². The molecule has 0 heterocycles. The molecule has 7 nitrogen and oxygen atoms in total. The maximum absolute atomic E-state index is 12.0. The Morgan fingerprint density at radius 3 is 2.00 bits per heavy atom. The van der Waals surface area contributed by atoms with E-state index < -0.39 is 0 Å². The number of rotatable bonds is 7. The summed E-state index contributed by atoms with van der Waals surface area (Å²) in [6, 6.07) is 10.2. The fourth-order valence-corrected chi connectivity index (χ4v) is 2.15. The molecule has 0 aliphatic heterocycles. The molecule has 7 heteroatoms. The van der Waals surface area contributed by atoms with Gasteiger partial charge in [-0.25, -0.2) is 5.43 Å². The molecule has 0 fully saturated rings. The molecule has 0 saturated heterocycles. The molecule has 0 atom stereocenters. The van der Waals surface area contributed by atoms with Gasteiger partial charge in [-0.1, -0.05) is 0 Å². The van der Waals surface area contributed by atoms with Crippen LogP contribution in [-0.4, -0.2) is 40.6 Å². The summed E-state index contributed by atoms with van der Waals surface area (Å²) in [5.41, 5.74) is 3.62. The summed E-state index contributed by atoms with van der Waals surface area (Å²) in [6.07, 6.45) is 1.49. The predicted octanol–water partition coefficient (Wildman–Crippen LogP) is 2.48. The zero-order valence-corrected chi connectivity index (χ0v) is 14.5. The summed E-state index contributed by atoms with van der Waals surface area (Å²) >= 11 is 0. The van der Waals surface area contributed by atoms with Crippen molar-refractivity contribution < 1.29 is 23.7 Å². The molecule has 0 unspecified atom stereocenters. The molecule has 0 spiro atoms. The number of nitrogens with zero attached hydrogens (tertiary/aromatic N) is 1. The average molecular weight is 344 g/mol. The van der Waals surface area contributed by atoms with Gasteiger partial charge in [-0.05, 0) is 36.4 Å². The number of carbonyl (C=O) groups is 1. The van der Waals surface area contributed by atoms with E-state index in [1.54, 1.807) is 43.5 Å². The van der Waals surface area contributed by atoms with Crippen molar-refractivity contribution in [1.82, 2.24) is 5.43 Å². The summed E-state index contributed by atoms with van der Waals surface area (Å²) in [4.78, 5) is 12.0. The van der Waals surface area contributed by atoms with Crippen LogP contribution in [0.4, 0.5) is 0 Å². The number of ether oxygens (including phenoxy) is 4. The number of amides is 1. The highest BCUT2D eigenvalue weighted by atomic mass is 16.5. The Morgan fingerprint density at radius 2 is 1.52 bits per heavy atom. The van der Waals surface area contributed by atoms with Gasteiger partial charge in [-0.3, -0.25) is 4.79 Å². The van der Waals surface area contributed by atoms with E-state index in [-0.39, 0.29) is 5.91 Å². The quantitative estimate of drug-likeness (QED) is 0.617. The van der Waals surface area contributed by atoms with E-state index >= 15 is 0 Å². The van der Waals surface area contributed by atoms with E-state index in [0.29, 0.717) is 34.1 Å². The van der Waals surface area contributed by atoms with E-state index in [0.717, 1.165) is 0 Å². The van der Waals surface area contributed by atoms with Gasteiger partial charge in [0.25, 0.3) is 5.91 Å². The maximum atomic E-state index is 12.0. The van der Waals surface area contributed by atoms with Crippen LogP contribution in [0.1, 0.15) is 15.9 Å². The van der Waals surface area contributed by atoms with Gasteiger partial charge in [0, 0.05) is 11.1 Å². The minimum absolute atomic E-state index is 0.327. The van der Waals surface area contributed by atoms with Crippen LogP contribution in [0.15, 0.2) is 41.5 Å². The SMILES string of the molecule is COc1ccc(C(=O)N/N=C/c2cc(OC)c(OC)c(OC)c2)cc1. The van der Waals surface area contributed by atoms with Gasteiger partial charge < -0.3 is 18.9 Å². The normalized spacial score (nSPS) is 10.4. The molecule has 0 aliphatic rings. The van der Waals surface area contributed by atoms with Crippen molar-refractivity contribution in [1.29, 1.82) is 0 Å². The first-order valence-electron chi connectivity index (χ1n) is 7.40. The van der Waals surface area contributed by atoms with E-state index in [4.69, 9.17) is 18.9 Å². The highest BCUT2D eigenvalue weighted by molar-refractivity contribution is 5.95. The molecule has 1 N–H and O–H groups in total. The second kappa shape index (κ2) is 8.58. The van der Waals surface area contributed by atoms with Crippen LogP contribution in [0.2, 0.25) is 0 Å². The minimum Gasteiger partial charge on any atom is -0.497 e. The molecule has 0 radical (unpaired) electrons. The van der Waals surface area contributed by atoms with Crippen LogP contribution < -0.4 is 24.4 Å². The van der Waals surface area contributed by atoms with Crippen molar-refractivity contribution in [2.24, 2.45) is 5.10 Å². The number of carbonyl (C=O) groups excluding carboxylic acids is 1. The first-order valence-corrected chi connectivity index (χ1v) is 7.40. The van der Waals surface area contributed by atoms with E-state index in [1.165, 1.54) is 27.5 Å². The molecule has 0 saturated carbocycles. The number of hydrogen-bond acceptors (Lipinski definition) is 6. The monoisotopic (exact) mass is 344 g/mol. The number of methoxy groups -OCH3 is 4. The highest BCUT2D eigenvalue weighted by Crippen LogP contribution is 2.37. The molecule has 0 bridgehead atoms. The van der Waals surface area contributed by atoms with Crippen molar-refractivity contribution >= 4 is 12.1 Å². The second-order valence-electron chi connectivity index (χ2n) is 4.89. The highest BCUT2D eigenvalue weighted by Gasteiger charge is 2.12. The van der Waals surface area contributed by atoms with Crippen LogP contribution >= 0.6 is 0 Å². The lowest BCUT2D eigenvalue weighted by Crippen LogP contribution is -2.17. The Hall–Kier alpha value is -3.22. The Kier molecular flexibility index (Phi) is 6.22. The minimum atomic E-state index is -0.327. The van der Waals surface area contributed by atoms with Crippen LogP contribution in [0.5, 0.6) is 23.0 Å². The summed E-state index contributed by atoms with van der Waals surface area (Å²) in [5.74, 6) is 1.85. The summed E-state index contributed by atoms with van der Waals surface area (Å²) < 4.78 is 20.9.